The first kappa shape index (κ1) is 31.0. The number of ether oxygens (including phenoxy) is 1. The van der Waals surface area contributed by atoms with Crippen molar-refractivity contribution < 1.29 is 4.74 Å². The molecule has 41 heavy (non-hydrogen) atoms. The van der Waals surface area contributed by atoms with Crippen LogP contribution < -0.4 is 11.5 Å². The summed E-state index contributed by atoms with van der Waals surface area (Å²) >= 11 is 0. The molecule has 9 unspecified atom stereocenters. The van der Waals surface area contributed by atoms with E-state index in [0.29, 0.717) is 22.3 Å². The zero-order chi connectivity index (χ0) is 29.8. The van der Waals surface area contributed by atoms with Crippen LogP contribution in [-0.4, -0.2) is 12.7 Å². The first-order chi connectivity index (χ1) is 19.2. The minimum atomic E-state index is 0.198. The lowest BCUT2D eigenvalue weighted by Gasteiger charge is -2.67. The maximum absolute atomic E-state index is 6.72. The molecular formula is C38H62N2O. The topological polar surface area (TPSA) is 61.3 Å². The molecule has 0 amide bonds. The molecule has 1 aromatic rings. The average Bonchev–Trinajstić information content (AvgIpc) is 3.17. The van der Waals surface area contributed by atoms with E-state index in [9.17, 15) is 0 Å². The number of nitrogen functional groups attached to an aromatic ring is 2. The monoisotopic (exact) mass is 562 g/mol. The number of fused-ring (bicyclic) bond motifs is 5. The zero-order valence-corrected chi connectivity index (χ0v) is 27.8. The number of anilines is 2. The lowest BCUT2D eigenvalue weighted by molar-refractivity contribution is -0.208. The molecule has 0 spiro atoms. The minimum Gasteiger partial charge on any atom is -0.399 e. The van der Waals surface area contributed by atoms with Crippen LogP contribution >= 0.6 is 0 Å². The SMILES string of the molecule is CC(C)=CCCC(C)C1CCC2(C)C3CCC4C(C)(C)C(OCCc5ccc(N)cc5N)CCC4(C)C3CCC12C. The van der Waals surface area contributed by atoms with Gasteiger partial charge in [0.2, 0.25) is 0 Å². The largest absolute Gasteiger partial charge is 0.399 e. The second kappa shape index (κ2) is 11.2. The number of rotatable bonds is 8. The molecule has 0 bridgehead atoms. The Morgan fingerprint density at radius 3 is 2.37 bits per heavy atom. The van der Waals surface area contributed by atoms with Crippen molar-refractivity contribution in [2.24, 2.45) is 51.2 Å². The van der Waals surface area contributed by atoms with Gasteiger partial charge in [-0.1, -0.05) is 59.3 Å². The summed E-state index contributed by atoms with van der Waals surface area (Å²) in [5.41, 5.74) is 17.9. The van der Waals surface area contributed by atoms with E-state index in [0.717, 1.165) is 59.6 Å². The zero-order valence-electron chi connectivity index (χ0n) is 27.8. The Morgan fingerprint density at radius 2 is 1.66 bits per heavy atom. The molecule has 0 aliphatic heterocycles. The molecular weight excluding hydrogens is 500 g/mol. The van der Waals surface area contributed by atoms with Gasteiger partial charge in [-0.15, -0.1) is 0 Å². The van der Waals surface area contributed by atoms with Crippen molar-refractivity contribution in [3.8, 4) is 0 Å². The van der Waals surface area contributed by atoms with E-state index in [1.807, 2.05) is 12.1 Å². The predicted molar refractivity (Wildman–Crippen MR) is 176 cm³/mol. The van der Waals surface area contributed by atoms with E-state index in [1.54, 1.807) is 0 Å². The van der Waals surface area contributed by atoms with Gasteiger partial charge < -0.3 is 16.2 Å². The van der Waals surface area contributed by atoms with E-state index < -0.39 is 0 Å². The van der Waals surface area contributed by atoms with E-state index in [1.165, 1.54) is 69.8 Å². The van der Waals surface area contributed by atoms with E-state index in [2.05, 4.69) is 67.5 Å². The van der Waals surface area contributed by atoms with Crippen LogP contribution in [0.4, 0.5) is 11.4 Å². The summed E-state index contributed by atoms with van der Waals surface area (Å²) in [4.78, 5) is 0. The van der Waals surface area contributed by atoms with Crippen molar-refractivity contribution in [3.05, 3.63) is 35.4 Å². The number of hydrogen-bond acceptors (Lipinski definition) is 3. The molecule has 4 aliphatic rings. The fraction of sp³-hybridized carbons (Fsp3) is 0.789. The van der Waals surface area contributed by atoms with Gasteiger partial charge in [0.25, 0.3) is 0 Å². The molecule has 0 aromatic heterocycles. The Bertz CT molecular complexity index is 1120. The molecule has 3 heteroatoms. The molecule has 1 aromatic carbocycles. The maximum Gasteiger partial charge on any atom is 0.0629 e. The molecule has 4 fully saturated rings. The summed E-state index contributed by atoms with van der Waals surface area (Å²) in [6.45, 7) is 21.1. The Kier molecular flexibility index (Phi) is 8.47. The first-order valence-corrected chi connectivity index (χ1v) is 17.1. The standard InChI is InChI=1S/C38H62N2O/c1-25(2)10-9-11-26(3)29-16-21-38(8)31-14-15-33-35(4,5)34(41-23-19-27-12-13-28(39)24-32(27)40)18-20-36(33,6)30(31)17-22-37(29,38)7/h10,12-13,24,26,29-31,33-34H,9,11,14-23,39-40H2,1-8H3. The number of nitrogens with two attached hydrogens (primary N) is 2. The number of allylic oxidation sites excluding steroid dienone is 2. The van der Waals surface area contributed by atoms with Gasteiger partial charge in [0.05, 0.1) is 12.7 Å². The second-order valence-electron chi connectivity index (χ2n) is 16.6. The van der Waals surface area contributed by atoms with Crippen molar-refractivity contribution in [2.75, 3.05) is 18.1 Å². The minimum absolute atomic E-state index is 0.198. The first-order valence-electron chi connectivity index (χ1n) is 17.1. The molecule has 230 valence electrons. The van der Waals surface area contributed by atoms with E-state index in [-0.39, 0.29) is 5.41 Å². The summed E-state index contributed by atoms with van der Waals surface area (Å²) in [7, 11) is 0. The van der Waals surface area contributed by atoms with Gasteiger partial charge in [-0.3, -0.25) is 0 Å². The van der Waals surface area contributed by atoms with Crippen molar-refractivity contribution in [2.45, 2.75) is 132 Å². The van der Waals surface area contributed by atoms with Gasteiger partial charge in [0, 0.05) is 11.4 Å². The highest BCUT2D eigenvalue weighted by Crippen LogP contribution is 2.74. The highest BCUT2D eigenvalue weighted by molar-refractivity contribution is 5.56. The molecule has 0 saturated heterocycles. The van der Waals surface area contributed by atoms with E-state index >= 15 is 0 Å². The molecule has 4 N–H and O–H groups in total. The van der Waals surface area contributed by atoms with Gasteiger partial charge in [-0.2, -0.15) is 0 Å². The fourth-order valence-electron chi connectivity index (χ4n) is 11.7. The highest BCUT2D eigenvalue weighted by Gasteiger charge is 2.67. The fourth-order valence-corrected chi connectivity index (χ4v) is 11.7. The van der Waals surface area contributed by atoms with Crippen molar-refractivity contribution in [3.63, 3.8) is 0 Å². The maximum atomic E-state index is 6.72. The summed E-state index contributed by atoms with van der Waals surface area (Å²) in [6, 6.07) is 5.89. The molecule has 4 saturated carbocycles. The third-order valence-corrected chi connectivity index (χ3v) is 14.2. The van der Waals surface area contributed by atoms with Crippen molar-refractivity contribution >= 4 is 11.4 Å². The third kappa shape index (κ3) is 5.19. The van der Waals surface area contributed by atoms with Crippen molar-refractivity contribution in [1.29, 1.82) is 0 Å². The third-order valence-electron chi connectivity index (χ3n) is 14.2. The molecule has 3 nitrogen and oxygen atoms in total. The van der Waals surface area contributed by atoms with Crippen LogP contribution in [0, 0.1) is 51.2 Å². The molecule has 5 rings (SSSR count). The quantitative estimate of drug-likeness (QED) is 0.245. The van der Waals surface area contributed by atoms with Gasteiger partial charge in [-0.05, 0) is 153 Å². The number of hydrogen-bond donors (Lipinski definition) is 2. The van der Waals surface area contributed by atoms with E-state index in [4.69, 9.17) is 16.2 Å². The predicted octanol–water partition coefficient (Wildman–Crippen LogP) is 9.85. The summed E-state index contributed by atoms with van der Waals surface area (Å²) in [5.74, 6) is 4.22. The molecule has 0 radical (unpaired) electrons. The van der Waals surface area contributed by atoms with Gasteiger partial charge >= 0.3 is 0 Å². The number of benzene rings is 1. The Labute approximate surface area is 252 Å². The lowest BCUT2D eigenvalue weighted by atomic mass is 9.38. The normalized spacial score (nSPS) is 40.2. The summed E-state index contributed by atoms with van der Waals surface area (Å²) in [6.07, 6.45) is 17.4. The molecule has 0 heterocycles. The smallest absolute Gasteiger partial charge is 0.0629 e. The van der Waals surface area contributed by atoms with Crippen molar-refractivity contribution in [1.82, 2.24) is 0 Å². The van der Waals surface area contributed by atoms with Gasteiger partial charge in [0.1, 0.15) is 0 Å². The van der Waals surface area contributed by atoms with Crippen LogP contribution in [-0.2, 0) is 11.2 Å². The Balaban J connectivity index is 1.27. The second-order valence-corrected chi connectivity index (χ2v) is 16.6. The van der Waals surface area contributed by atoms with Gasteiger partial charge in [0.15, 0.2) is 0 Å². The lowest BCUT2D eigenvalue weighted by Crippen LogP contribution is -2.62. The van der Waals surface area contributed by atoms with Crippen LogP contribution in [0.3, 0.4) is 0 Å². The van der Waals surface area contributed by atoms with Crippen LogP contribution in [0.2, 0.25) is 0 Å². The Hall–Kier alpha value is -1.48. The van der Waals surface area contributed by atoms with Crippen LogP contribution in [0.25, 0.3) is 0 Å². The van der Waals surface area contributed by atoms with Crippen LogP contribution in [0.5, 0.6) is 0 Å². The van der Waals surface area contributed by atoms with Crippen LogP contribution in [0.15, 0.2) is 29.8 Å². The molecule has 4 aliphatic carbocycles. The van der Waals surface area contributed by atoms with Gasteiger partial charge in [-0.25, -0.2) is 0 Å². The summed E-state index contributed by atoms with van der Waals surface area (Å²) in [5, 5.41) is 0. The van der Waals surface area contributed by atoms with Crippen LogP contribution in [0.1, 0.15) is 125 Å². The highest BCUT2D eigenvalue weighted by atomic mass is 16.5. The average molecular weight is 563 g/mol. The summed E-state index contributed by atoms with van der Waals surface area (Å²) < 4.78 is 6.72. The Morgan fingerprint density at radius 1 is 0.927 bits per heavy atom. The molecule has 9 atom stereocenters.